The maximum absolute atomic E-state index is 14.8. The van der Waals surface area contributed by atoms with Gasteiger partial charge in [0.05, 0.1) is 38.9 Å². The quantitative estimate of drug-likeness (QED) is 0.175. The van der Waals surface area contributed by atoms with E-state index in [0.717, 1.165) is 53.8 Å². The molecule has 0 bridgehead atoms. The zero-order valence-corrected chi connectivity index (χ0v) is 30.5. The summed E-state index contributed by atoms with van der Waals surface area (Å²) in [5.41, 5.74) is 4.43. The van der Waals surface area contributed by atoms with Gasteiger partial charge in [-0.1, -0.05) is 41.1 Å². The van der Waals surface area contributed by atoms with E-state index in [1.807, 2.05) is 16.7 Å². The monoisotopic (exact) mass is 792 g/mol. The van der Waals surface area contributed by atoms with E-state index in [-0.39, 0.29) is 27.6 Å². The number of piperidine rings is 2. The van der Waals surface area contributed by atoms with Crippen LogP contribution in [0.4, 0.5) is 21.6 Å². The van der Waals surface area contributed by atoms with Crippen LogP contribution in [0.2, 0.25) is 0 Å². The molecule has 3 aromatic heterocycles. The van der Waals surface area contributed by atoms with Crippen LogP contribution in [0.1, 0.15) is 68.4 Å². The number of aliphatic hydroxyl groups excluding tert-OH is 1. The topological polar surface area (TPSA) is 120 Å². The number of rotatable bonds is 7. The molecule has 1 spiro atoms. The number of hydrogen-bond donors (Lipinski definition) is 2. The number of aliphatic hydroxyl groups is 1. The Labute approximate surface area is 304 Å². The molecule has 11 nitrogen and oxygen atoms in total. The minimum atomic E-state index is -1.07. The van der Waals surface area contributed by atoms with E-state index in [0.29, 0.717) is 43.5 Å². The van der Waals surface area contributed by atoms with Crippen molar-refractivity contribution in [2.45, 2.75) is 86.4 Å². The van der Waals surface area contributed by atoms with E-state index < -0.39 is 17.3 Å². The third kappa shape index (κ3) is 5.65. The zero-order valence-electron chi connectivity index (χ0n) is 28.4. The largest absolute Gasteiger partial charge is 0.384 e. The first-order valence-corrected chi connectivity index (χ1v) is 19.0. The standard InChI is InChI=1S/C37H42FIN8O3/c1-22(48)35(49)45-14-9-37(10-15-45)27-7-6-24(16-32(27)47(36(37)50)26-17-25(18-26)44-12-4-3-5-13-44)30-19-31-33(46(21-41-31)23(2)39)34(43-30)42-29-8-11-40-20-28(29)38/h6-8,11,16,19-23,25-26,48H,3-5,9-10,12-15,17-18H2,1-2H3,(H,40,42,43)/t22-,23?,25?,26?/m1/s1. The van der Waals surface area contributed by atoms with Gasteiger partial charge in [-0.25, -0.2) is 14.4 Å². The predicted octanol–water partition coefficient (Wildman–Crippen LogP) is 5.93. The number of likely N-dealkylation sites (tertiary alicyclic amines) is 2. The van der Waals surface area contributed by atoms with Gasteiger partial charge in [0.25, 0.3) is 5.91 Å². The minimum absolute atomic E-state index is 0.0717. The Kier molecular flexibility index (Phi) is 8.79. The molecule has 13 heteroatoms. The van der Waals surface area contributed by atoms with E-state index in [2.05, 4.69) is 61.7 Å². The van der Waals surface area contributed by atoms with Crippen molar-refractivity contribution < 1.29 is 19.1 Å². The summed E-state index contributed by atoms with van der Waals surface area (Å²) in [6.45, 7) is 6.64. The summed E-state index contributed by atoms with van der Waals surface area (Å²) >= 11 is 2.32. The second-order valence-corrected chi connectivity index (χ2v) is 16.1. The molecular formula is C37H42FIN8O3. The lowest BCUT2D eigenvalue weighted by molar-refractivity contribution is -0.142. The van der Waals surface area contributed by atoms with Crippen LogP contribution in [0.15, 0.2) is 49.1 Å². The second-order valence-electron chi connectivity index (χ2n) is 14.3. The first-order valence-electron chi connectivity index (χ1n) is 17.7. The molecule has 262 valence electrons. The average molecular weight is 793 g/mol. The summed E-state index contributed by atoms with van der Waals surface area (Å²) < 4.78 is 16.9. The van der Waals surface area contributed by atoms with Crippen LogP contribution in [0.5, 0.6) is 0 Å². The number of nitrogens with one attached hydrogen (secondary N) is 1. The van der Waals surface area contributed by atoms with Gasteiger partial charge in [0.1, 0.15) is 11.6 Å². The lowest BCUT2D eigenvalue weighted by Crippen LogP contribution is -2.58. The SMILES string of the molecule is CC(I)n1cnc2cc(-c3ccc4c(c3)N(C3CC(N5CCCCC5)C3)C(=O)C43CCN(C(=O)[C@@H](C)O)CC3)nc(Nc3ccncc3F)c21. The number of anilines is 3. The number of carbonyl (C=O) groups excluding carboxylic acids is 2. The lowest BCUT2D eigenvalue weighted by atomic mass is 9.73. The Morgan fingerprint density at radius 3 is 2.52 bits per heavy atom. The summed E-state index contributed by atoms with van der Waals surface area (Å²) in [5.74, 6) is -0.183. The smallest absolute Gasteiger partial charge is 0.251 e. The fourth-order valence-electron chi connectivity index (χ4n) is 8.49. The Hall–Kier alpha value is -3.69. The number of fused-ring (bicyclic) bond motifs is 3. The van der Waals surface area contributed by atoms with E-state index in [1.165, 1.54) is 38.6 Å². The lowest BCUT2D eigenvalue weighted by Gasteiger charge is -2.48. The Morgan fingerprint density at radius 2 is 1.82 bits per heavy atom. The van der Waals surface area contributed by atoms with Gasteiger partial charge in [0.2, 0.25) is 5.91 Å². The molecule has 3 aliphatic heterocycles. The molecule has 1 aromatic carbocycles. The predicted molar refractivity (Wildman–Crippen MR) is 198 cm³/mol. The maximum atomic E-state index is 14.8. The number of nitrogens with zero attached hydrogens (tertiary/aromatic N) is 7. The number of pyridine rings is 2. The highest BCUT2D eigenvalue weighted by Crippen LogP contribution is 2.52. The van der Waals surface area contributed by atoms with Crippen molar-refractivity contribution in [3.63, 3.8) is 0 Å². The molecule has 2 saturated heterocycles. The second kappa shape index (κ2) is 13.1. The van der Waals surface area contributed by atoms with Crippen molar-refractivity contribution in [2.75, 3.05) is 36.4 Å². The molecule has 8 rings (SSSR count). The van der Waals surface area contributed by atoms with Gasteiger partial charge in [0.15, 0.2) is 11.6 Å². The summed E-state index contributed by atoms with van der Waals surface area (Å²) in [6.07, 6.45) is 10.1. The molecule has 4 aromatic rings. The summed E-state index contributed by atoms with van der Waals surface area (Å²) in [7, 11) is 0. The number of benzene rings is 1. The average Bonchev–Trinajstić information content (AvgIpc) is 3.63. The first-order chi connectivity index (χ1) is 24.1. The minimum Gasteiger partial charge on any atom is -0.384 e. The van der Waals surface area contributed by atoms with E-state index in [9.17, 15) is 19.1 Å². The van der Waals surface area contributed by atoms with Gasteiger partial charge in [-0.2, -0.15) is 0 Å². The van der Waals surface area contributed by atoms with E-state index in [1.54, 1.807) is 17.3 Å². The van der Waals surface area contributed by atoms with E-state index in [4.69, 9.17) is 9.97 Å². The number of amides is 2. The molecule has 2 amide bonds. The van der Waals surface area contributed by atoms with Gasteiger partial charge in [-0.15, -0.1) is 0 Å². The molecule has 1 aliphatic carbocycles. The van der Waals surface area contributed by atoms with Crippen LogP contribution in [0, 0.1) is 5.82 Å². The van der Waals surface area contributed by atoms with Crippen LogP contribution in [0.3, 0.4) is 0 Å². The molecule has 0 radical (unpaired) electrons. The van der Waals surface area contributed by atoms with Gasteiger partial charge in [-0.3, -0.25) is 14.6 Å². The van der Waals surface area contributed by atoms with Crippen LogP contribution in [0.25, 0.3) is 22.3 Å². The van der Waals surface area contributed by atoms with Crippen molar-refractivity contribution in [3.05, 3.63) is 60.4 Å². The van der Waals surface area contributed by atoms with Crippen LogP contribution < -0.4 is 10.2 Å². The molecule has 4 aliphatic rings. The van der Waals surface area contributed by atoms with Crippen molar-refractivity contribution >= 4 is 62.6 Å². The molecule has 3 fully saturated rings. The molecule has 1 saturated carbocycles. The van der Waals surface area contributed by atoms with Gasteiger partial charge in [0, 0.05) is 42.6 Å². The number of hydrogen-bond acceptors (Lipinski definition) is 8. The fraction of sp³-hybridized carbons (Fsp3) is 0.486. The first kappa shape index (κ1) is 33.5. The summed E-state index contributed by atoms with van der Waals surface area (Å²) in [5, 5.41) is 13.2. The van der Waals surface area contributed by atoms with Crippen molar-refractivity contribution in [2.24, 2.45) is 0 Å². The molecule has 1 unspecified atom stereocenters. The van der Waals surface area contributed by atoms with Crippen LogP contribution in [-0.4, -0.2) is 90.6 Å². The van der Waals surface area contributed by atoms with E-state index >= 15 is 0 Å². The number of carbonyl (C=O) groups is 2. The number of imidazole rings is 1. The normalized spacial score (nSPS) is 23.2. The Bertz CT molecular complexity index is 1950. The van der Waals surface area contributed by atoms with Crippen molar-refractivity contribution in [1.29, 1.82) is 0 Å². The zero-order chi connectivity index (χ0) is 34.7. The highest BCUT2D eigenvalue weighted by atomic mass is 127. The van der Waals surface area contributed by atoms with Crippen LogP contribution >= 0.6 is 22.6 Å². The van der Waals surface area contributed by atoms with Gasteiger partial charge >= 0.3 is 0 Å². The third-order valence-electron chi connectivity index (χ3n) is 11.3. The Balaban J connectivity index is 1.18. The fourth-order valence-corrected chi connectivity index (χ4v) is 8.91. The van der Waals surface area contributed by atoms with Crippen molar-refractivity contribution in [3.8, 4) is 11.3 Å². The number of aromatic nitrogens is 4. The highest BCUT2D eigenvalue weighted by Gasteiger charge is 2.56. The molecular weight excluding hydrogens is 750 g/mol. The summed E-state index contributed by atoms with van der Waals surface area (Å²) in [6, 6.07) is 10.3. The van der Waals surface area contributed by atoms with Gasteiger partial charge < -0.3 is 29.7 Å². The van der Waals surface area contributed by atoms with Gasteiger partial charge in [-0.05, 0) is 89.2 Å². The van der Waals surface area contributed by atoms with Crippen LogP contribution in [-0.2, 0) is 15.0 Å². The number of halogens is 2. The molecule has 2 atom stereocenters. The van der Waals surface area contributed by atoms with Crippen molar-refractivity contribution in [1.82, 2.24) is 29.3 Å². The molecule has 6 heterocycles. The summed E-state index contributed by atoms with van der Waals surface area (Å²) in [4.78, 5) is 47.4. The third-order valence-corrected chi connectivity index (χ3v) is 11.9. The highest BCUT2D eigenvalue weighted by molar-refractivity contribution is 14.1. The molecule has 50 heavy (non-hydrogen) atoms. The molecule has 2 N–H and O–H groups in total. The Morgan fingerprint density at radius 1 is 1.06 bits per heavy atom. The maximum Gasteiger partial charge on any atom is 0.251 e. The number of alkyl halides is 1.